The number of amides is 1. The Morgan fingerprint density at radius 3 is 2.76 bits per heavy atom. The number of aromatic nitrogens is 3. The molecular weight excluding hydrogens is 284 g/mol. The standard InChI is InChI=1S/C15H22N4OS/c1-10(2)13-7-12(8-21-13)15(20)16-6-5-14-18-17-9-19(14)11(3)4/h7-11H,5-6H2,1-4H3,(H,16,20). The Morgan fingerprint density at radius 2 is 2.14 bits per heavy atom. The SMILES string of the molecule is CC(C)c1cc(C(=O)NCCc2nncn2C(C)C)cs1. The van der Waals surface area contributed by atoms with E-state index in [-0.39, 0.29) is 5.91 Å². The molecule has 0 saturated heterocycles. The number of nitrogens with zero attached hydrogens (tertiary/aromatic N) is 3. The predicted molar refractivity (Wildman–Crippen MR) is 84.9 cm³/mol. The molecule has 0 bridgehead atoms. The molecule has 6 heteroatoms. The highest BCUT2D eigenvalue weighted by Gasteiger charge is 2.11. The van der Waals surface area contributed by atoms with Gasteiger partial charge in [-0.05, 0) is 25.8 Å². The van der Waals surface area contributed by atoms with Crippen LogP contribution in [0.4, 0.5) is 0 Å². The van der Waals surface area contributed by atoms with Crippen LogP contribution in [0.15, 0.2) is 17.8 Å². The van der Waals surface area contributed by atoms with Crippen molar-refractivity contribution in [2.75, 3.05) is 6.54 Å². The lowest BCUT2D eigenvalue weighted by Crippen LogP contribution is -2.26. The Bertz CT molecular complexity index is 600. The fraction of sp³-hybridized carbons (Fsp3) is 0.533. The molecule has 1 N–H and O–H groups in total. The average Bonchev–Trinajstić information content (AvgIpc) is 3.07. The van der Waals surface area contributed by atoms with Gasteiger partial charge in [-0.1, -0.05) is 13.8 Å². The van der Waals surface area contributed by atoms with Gasteiger partial charge < -0.3 is 9.88 Å². The molecule has 0 aliphatic carbocycles. The van der Waals surface area contributed by atoms with Crippen LogP contribution in [0.3, 0.4) is 0 Å². The van der Waals surface area contributed by atoms with Crippen LogP contribution in [0.25, 0.3) is 0 Å². The van der Waals surface area contributed by atoms with E-state index in [0.29, 0.717) is 24.9 Å². The molecule has 0 atom stereocenters. The molecule has 0 fully saturated rings. The minimum atomic E-state index is -0.0197. The van der Waals surface area contributed by atoms with E-state index in [0.717, 1.165) is 11.4 Å². The van der Waals surface area contributed by atoms with Gasteiger partial charge in [0.15, 0.2) is 0 Å². The molecule has 2 aromatic rings. The minimum absolute atomic E-state index is 0.0197. The topological polar surface area (TPSA) is 59.8 Å². The quantitative estimate of drug-likeness (QED) is 0.892. The molecule has 1 amide bonds. The zero-order chi connectivity index (χ0) is 15.4. The van der Waals surface area contributed by atoms with E-state index < -0.39 is 0 Å². The van der Waals surface area contributed by atoms with Crippen molar-refractivity contribution in [2.24, 2.45) is 0 Å². The summed E-state index contributed by atoms with van der Waals surface area (Å²) in [4.78, 5) is 13.3. The third-order valence-electron chi connectivity index (χ3n) is 3.29. The molecule has 0 unspecified atom stereocenters. The van der Waals surface area contributed by atoms with E-state index in [9.17, 15) is 4.79 Å². The van der Waals surface area contributed by atoms with Crippen molar-refractivity contribution in [3.63, 3.8) is 0 Å². The van der Waals surface area contributed by atoms with Gasteiger partial charge in [0.2, 0.25) is 0 Å². The second kappa shape index (κ2) is 6.85. The Morgan fingerprint density at radius 1 is 1.38 bits per heavy atom. The van der Waals surface area contributed by atoms with Gasteiger partial charge >= 0.3 is 0 Å². The highest BCUT2D eigenvalue weighted by molar-refractivity contribution is 7.10. The molecule has 0 spiro atoms. The van der Waals surface area contributed by atoms with E-state index in [1.165, 1.54) is 4.88 Å². The van der Waals surface area contributed by atoms with Crippen molar-refractivity contribution >= 4 is 17.2 Å². The Balaban J connectivity index is 1.88. The number of carbonyl (C=O) groups excluding carboxylic acids is 1. The van der Waals surface area contributed by atoms with Crippen molar-refractivity contribution in [3.8, 4) is 0 Å². The third-order valence-corrected chi connectivity index (χ3v) is 4.52. The first-order valence-electron chi connectivity index (χ1n) is 7.24. The van der Waals surface area contributed by atoms with Crippen LogP contribution in [0.2, 0.25) is 0 Å². The number of nitrogens with one attached hydrogen (secondary N) is 1. The lowest BCUT2D eigenvalue weighted by Gasteiger charge is -2.10. The summed E-state index contributed by atoms with van der Waals surface area (Å²) in [7, 11) is 0. The van der Waals surface area contributed by atoms with E-state index in [4.69, 9.17) is 0 Å². The molecule has 21 heavy (non-hydrogen) atoms. The van der Waals surface area contributed by atoms with Gasteiger partial charge in [-0.25, -0.2) is 0 Å². The number of thiophene rings is 1. The van der Waals surface area contributed by atoms with Crippen molar-refractivity contribution in [2.45, 2.75) is 46.1 Å². The Labute approximate surface area is 129 Å². The summed E-state index contributed by atoms with van der Waals surface area (Å²) in [5.41, 5.74) is 0.744. The van der Waals surface area contributed by atoms with Crippen LogP contribution in [-0.4, -0.2) is 27.2 Å². The maximum absolute atomic E-state index is 12.1. The van der Waals surface area contributed by atoms with E-state index >= 15 is 0 Å². The number of hydrogen-bond donors (Lipinski definition) is 1. The summed E-state index contributed by atoms with van der Waals surface area (Å²) in [6.45, 7) is 9.00. The lowest BCUT2D eigenvalue weighted by atomic mass is 10.1. The van der Waals surface area contributed by atoms with Crippen molar-refractivity contribution < 1.29 is 4.79 Å². The summed E-state index contributed by atoms with van der Waals surface area (Å²) in [6, 6.07) is 2.30. The molecule has 5 nitrogen and oxygen atoms in total. The number of hydrogen-bond acceptors (Lipinski definition) is 4. The van der Waals surface area contributed by atoms with Gasteiger partial charge in [-0.2, -0.15) is 0 Å². The first-order chi connectivity index (χ1) is 9.99. The van der Waals surface area contributed by atoms with Crippen LogP contribution < -0.4 is 5.32 Å². The fourth-order valence-corrected chi connectivity index (χ4v) is 2.95. The second-order valence-electron chi connectivity index (χ2n) is 5.65. The molecule has 114 valence electrons. The van der Waals surface area contributed by atoms with Gasteiger partial charge in [0.05, 0.1) is 5.56 Å². The van der Waals surface area contributed by atoms with E-state index in [1.807, 2.05) is 16.0 Å². The molecular formula is C15H22N4OS. The monoisotopic (exact) mass is 306 g/mol. The molecule has 0 radical (unpaired) electrons. The normalized spacial score (nSPS) is 11.3. The third kappa shape index (κ3) is 3.91. The Hall–Kier alpha value is -1.69. The first-order valence-corrected chi connectivity index (χ1v) is 8.12. The molecule has 2 aromatic heterocycles. The largest absolute Gasteiger partial charge is 0.352 e. The highest BCUT2D eigenvalue weighted by Crippen LogP contribution is 2.22. The van der Waals surface area contributed by atoms with Crippen LogP contribution in [0.5, 0.6) is 0 Å². The van der Waals surface area contributed by atoms with Crippen LogP contribution in [-0.2, 0) is 6.42 Å². The smallest absolute Gasteiger partial charge is 0.252 e. The van der Waals surface area contributed by atoms with E-state index in [1.54, 1.807) is 17.7 Å². The molecule has 0 aliphatic rings. The summed E-state index contributed by atoms with van der Waals surface area (Å²) in [5, 5.41) is 12.9. The number of carbonyl (C=O) groups is 1. The van der Waals surface area contributed by atoms with Crippen molar-refractivity contribution in [3.05, 3.63) is 34.0 Å². The zero-order valence-electron chi connectivity index (χ0n) is 13.0. The summed E-state index contributed by atoms with van der Waals surface area (Å²) >= 11 is 1.64. The van der Waals surface area contributed by atoms with Gasteiger partial charge in [0, 0.05) is 29.3 Å². The van der Waals surface area contributed by atoms with E-state index in [2.05, 4.69) is 43.2 Å². The van der Waals surface area contributed by atoms with Crippen molar-refractivity contribution in [1.82, 2.24) is 20.1 Å². The van der Waals surface area contributed by atoms with Gasteiger partial charge in [-0.3, -0.25) is 4.79 Å². The van der Waals surface area contributed by atoms with Crippen LogP contribution in [0, 0.1) is 0 Å². The summed E-state index contributed by atoms with van der Waals surface area (Å²) in [6.07, 6.45) is 2.42. The van der Waals surface area contributed by atoms with Crippen molar-refractivity contribution in [1.29, 1.82) is 0 Å². The van der Waals surface area contributed by atoms with Crippen LogP contribution in [0.1, 0.15) is 60.7 Å². The maximum atomic E-state index is 12.1. The molecule has 0 aliphatic heterocycles. The van der Waals surface area contributed by atoms with Gasteiger partial charge in [0.1, 0.15) is 12.2 Å². The van der Waals surface area contributed by atoms with Gasteiger partial charge in [0.25, 0.3) is 5.91 Å². The predicted octanol–water partition coefficient (Wildman–Crippen LogP) is 3.02. The van der Waals surface area contributed by atoms with Gasteiger partial charge in [-0.15, -0.1) is 21.5 Å². The highest BCUT2D eigenvalue weighted by atomic mass is 32.1. The summed E-state index contributed by atoms with van der Waals surface area (Å²) < 4.78 is 2.02. The lowest BCUT2D eigenvalue weighted by molar-refractivity contribution is 0.0954. The average molecular weight is 306 g/mol. The fourth-order valence-electron chi connectivity index (χ4n) is 2.04. The molecule has 2 heterocycles. The first kappa shape index (κ1) is 15.7. The van der Waals surface area contributed by atoms with Crippen LogP contribution >= 0.6 is 11.3 Å². The summed E-state index contributed by atoms with van der Waals surface area (Å²) in [5.74, 6) is 1.34. The number of rotatable bonds is 6. The Kier molecular flexibility index (Phi) is 5.12. The molecule has 0 saturated carbocycles. The minimum Gasteiger partial charge on any atom is -0.352 e. The second-order valence-corrected chi connectivity index (χ2v) is 6.59. The zero-order valence-corrected chi connectivity index (χ0v) is 13.8. The molecule has 2 rings (SSSR count). The maximum Gasteiger partial charge on any atom is 0.252 e. The molecule has 0 aromatic carbocycles.